The average molecular weight is 351 g/mol. The number of nitrogens with one attached hydrogen (secondary N) is 1. The Morgan fingerprint density at radius 2 is 2.00 bits per heavy atom. The van der Waals surface area contributed by atoms with Gasteiger partial charge in [-0.05, 0) is 57.3 Å². The van der Waals surface area contributed by atoms with E-state index in [1.54, 1.807) is 18.2 Å². The fourth-order valence-electron chi connectivity index (χ4n) is 2.52. The van der Waals surface area contributed by atoms with Gasteiger partial charge < -0.3 is 10.2 Å². The predicted octanol–water partition coefficient (Wildman–Crippen LogP) is 1.31. The molecule has 0 radical (unpaired) electrons. The second-order valence-corrected chi connectivity index (χ2v) is 8.13. The van der Waals surface area contributed by atoms with Crippen LogP contribution >= 0.6 is 0 Å². The molecule has 0 aromatic heterocycles. The summed E-state index contributed by atoms with van der Waals surface area (Å²) in [4.78, 5) is 13.8. The Labute approximate surface area is 144 Å². The van der Waals surface area contributed by atoms with Gasteiger partial charge in [-0.3, -0.25) is 9.10 Å². The first-order valence-corrected chi connectivity index (χ1v) is 9.70. The Bertz CT molecular complexity index is 682. The Kier molecular flexibility index (Phi) is 6.39. The average Bonchev–Trinajstić information content (AvgIpc) is 2.89. The maximum absolute atomic E-state index is 11.9. The van der Waals surface area contributed by atoms with Gasteiger partial charge in [-0.25, -0.2) is 8.42 Å². The van der Waals surface area contributed by atoms with Gasteiger partial charge in [0.1, 0.15) is 0 Å². The van der Waals surface area contributed by atoms with Gasteiger partial charge in [0.25, 0.3) is 0 Å². The van der Waals surface area contributed by atoms with E-state index >= 15 is 0 Å². The second-order valence-electron chi connectivity index (χ2n) is 6.11. The molecule has 6 nitrogen and oxygen atoms in total. The zero-order valence-corrected chi connectivity index (χ0v) is 15.1. The van der Waals surface area contributed by atoms with Crippen LogP contribution in [0.25, 0.3) is 6.08 Å². The molecule has 0 spiro atoms. The Morgan fingerprint density at radius 3 is 2.58 bits per heavy atom. The molecule has 1 heterocycles. The predicted molar refractivity (Wildman–Crippen MR) is 97.4 cm³/mol. The van der Waals surface area contributed by atoms with Gasteiger partial charge in [0.15, 0.2) is 0 Å². The second kappa shape index (κ2) is 8.30. The molecule has 0 saturated carbocycles. The normalized spacial score (nSPS) is 16.9. The van der Waals surface area contributed by atoms with Crippen LogP contribution in [0.1, 0.15) is 18.4 Å². The molecule has 0 aliphatic carbocycles. The van der Waals surface area contributed by atoms with Gasteiger partial charge >= 0.3 is 0 Å². The maximum Gasteiger partial charge on any atom is 0.243 e. The van der Waals surface area contributed by atoms with Crippen LogP contribution in [0.5, 0.6) is 0 Å². The Balaban J connectivity index is 1.86. The number of hydrogen-bond acceptors (Lipinski definition) is 4. The zero-order chi connectivity index (χ0) is 17.6. The quantitative estimate of drug-likeness (QED) is 0.594. The number of amides is 1. The van der Waals surface area contributed by atoms with Crippen molar-refractivity contribution in [2.75, 3.05) is 43.8 Å². The molecule has 1 N–H and O–H groups in total. The first-order chi connectivity index (χ1) is 11.4. The highest BCUT2D eigenvalue weighted by molar-refractivity contribution is 7.93. The van der Waals surface area contributed by atoms with Gasteiger partial charge in [-0.1, -0.05) is 12.1 Å². The highest BCUT2D eigenvalue weighted by Gasteiger charge is 2.28. The van der Waals surface area contributed by atoms with Crippen LogP contribution in [0.3, 0.4) is 0 Å². The summed E-state index contributed by atoms with van der Waals surface area (Å²) < 4.78 is 25.2. The molecule has 1 amide bonds. The van der Waals surface area contributed by atoms with Crippen molar-refractivity contribution in [3.8, 4) is 0 Å². The topological polar surface area (TPSA) is 69.7 Å². The first kappa shape index (κ1) is 18.5. The van der Waals surface area contributed by atoms with Crippen molar-refractivity contribution in [1.82, 2.24) is 10.2 Å². The van der Waals surface area contributed by atoms with Crippen molar-refractivity contribution in [1.29, 1.82) is 0 Å². The minimum absolute atomic E-state index is 0.125. The molecule has 1 aromatic carbocycles. The molecule has 1 fully saturated rings. The molecular weight excluding hydrogens is 326 g/mol. The molecule has 1 aliphatic rings. The van der Waals surface area contributed by atoms with E-state index in [0.29, 0.717) is 25.2 Å². The lowest BCUT2D eigenvalue weighted by atomic mass is 10.2. The van der Waals surface area contributed by atoms with Crippen molar-refractivity contribution in [2.24, 2.45) is 0 Å². The summed E-state index contributed by atoms with van der Waals surface area (Å²) in [5.41, 5.74) is 1.54. The number of sulfonamides is 1. The lowest BCUT2D eigenvalue weighted by Crippen LogP contribution is -2.25. The van der Waals surface area contributed by atoms with Crippen LogP contribution in [-0.4, -0.2) is 58.7 Å². The number of nitrogens with zero attached hydrogens (tertiary/aromatic N) is 2. The number of benzene rings is 1. The van der Waals surface area contributed by atoms with Crippen LogP contribution in [0.2, 0.25) is 0 Å². The van der Waals surface area contributed by atoms with Crippen LogP contribution in [0.15, 0.2) is 30.3 Å². The van der Waals surface area contributed by atoms with E-state index in [9.17, 15) is 13.2 Å². The number of anilines is 1. The molecule has 7 heteroatoms. The molecule has 0 atom stereocenters. The SMILES string of the molecule is CN(C)CCCNC(=O)/C=C/c1ccc(N2CCCS2(=O)=O)cc1. The molecule has 1 aromatic rings. The third-order valence-corrected chi connectivity index (χ3v) is 5.66. The summed E-state index contributed by atoms with van der Waals surface area (Å²) in [6.07, 6.45) is 4.80. The first-order valence-electron chi connectivity index (χ1n) is 8.09. The van der Waals surface area contributed by atoms with E-state index < -0.39 is 10.0 Å². The number of carbonyl (C=O) groups is 1. The van der Waals surface area contributed by atoms with Crippen molar-refractivity contribution >= 4 is 27.7 Å². The van der Waals surface area contributed by atoms with E-state index in [0.717, 1.165) is 18.5 Å². The summed E-state index contributed by atoms with van der Waals surface area (Å²) in [5, 5.41) is 2.84. The van der Waals surface area contributed by atoms with Crippen molar-refractivity contribution in [3.05, 3.63) is 35.9 Å². The minimum Gasteiger partial charge on any atom is -0.353 e. The maximum atomic E-state index is 11.9. The summed E-state index contributed by atoms with van der Waals surface area (Å²) >= 11 is 0. The van der Waals surface area contributed by atoms with Crippen LogP contribution in [0, 0.1) is 0 Å². The zero-order valence-electron chi connectivity index (χ0n) is 14.2. The van der Waals surface area contributed by atoms with E-state index in [1.807, 2.05) is 26.2 Å². The van der Waals surface area contributed by atoms with Gasteiger partial charge in [-0.15, -0.1) is 0 Å². The molecule has 0 bridgehead atoms. The molecule has 132 valence electrons. The van der Waals surface area contributed by atoms with Gasteiger partial charge in [0.05, 0.1) is 11.4 Å². The summed E-state index contributed by atoms with van der Waals surface area (Å²) in [6, 6.07) is 7.19. The van der Waals surface area contributed by atoms with Crippen LogP contribution < -0.4 is 9.62 Å². The van der Waals surface area contributed by atoms with Crippen molar-refractivity contribution < 1.29 is 13.2 Å². The van der Waals surface area contributed by atoms with Gasteiger partial charge in [0, 0.05) is 19.2 Å². The summed E-state index contributed by atoms with van der Waals surface area (Å²) in [5.74, 6) is 0.0859. The molecular formula is C17H25N3O3S. The largest absolute Gasteiger partial charge is 0.353 e. The Hall–Kier alpha value is -1.86. The number of hydrogen-bond donors (Lipinski definition) is 1. The smallest absolute Gasteiger partial charge is 0.243 e. The van der Waals surface area contributed by atoms with Crippen molar-refractivity contribution in [3.63, 3.8) is 0 Å². The van der Waals surface area contributed by atoms with Crippen LogP contribution in [-0.2, 0) is 14.8 Å². The van der Waals surface area contributed by atoms with E-state index in [1.165, 1.54) is 10.4 Å². The van der Waals surface area contributed by atoms with Gasteiger partial charge in [-0.2, -0.15) is 0 Å². The molecule has 2 rings (SSSR count). The molecule has 1 aliphatic heterocycles. The van der Waals surface area contributed by atoms with E-state index in [4.69, 9.17) is 0 Å². The molecule has 24 heavy (non-hydrogen) atoms. The lowest BCUT2D eigenvalue weighted by molar-refractivity contribution is -0.116. The minimum atomic E-state index is -3.15. The number of rotatable bonds is 7. The van der Waals surface area contributed by atoms with Crippen LogP contribution in [0.4, 0.5) is 5.69 Å². The third kappa shape index (κ3) is 5.35. The summed E-state index contributed by atoms with van der Waals surface area (Å²) in [6.45, 7) is 2.12. The van der Waals surface area contributed by atoms with E-state index in [-0.39, 0.29) is 11.7 Å². The van der Waals surface area contributed by atoms with Crippen molar-refractivity contribution in [2.45, 2.75) is 12.8 Å². The fourth-order valence-corrected chi connectivity index (χ4v) is 4.08. The highest BCUT2D eigenvalue weighted by atomic mass is 32.2. The third-order valence-electron chi connectivity index (χ3n) is 3.79. The standard InChI is InChI=1S/C17H25N3O3S/c1-19(2)12-3-11-18-17(21)10-7-15-5-8-16(9-6-15)20-13-4-14-24(20,22)23/h5-10H,3-4,11-14H2,1-2H3,(H,18,21)/b10-7+. The fraction of sp³-hybridized carbons (Fsp3) is 0.471. The van der Waals surface area contributed by atoms with Gasteiger partial charge in [0.2, 0.25) is 15.9 Å². The lowest BCUT2D eigenvalue weighted by Gasteiger charge is -2.16. The summed E-state index contributed by atoms with van der Waals surface area (Å²) in [7, 11) is 0.848. The number of carbonyl (C=O) groups excluding carboxylic acids is 1. The monoisotopic (exact) mass is 351 g/mol. The molecule has 1 saturated heterocycles. The Morgan fingerprint density at radius 1 is 1.29 bits per heavy atom. The molecule has 0 unspecified atom stereocenters. The van der Waals surface area contributed by atoms with E-state index in [2.05, 4.69) is 10.2 Å². The highest BCUT2D eigenvalue weighted by Crippen LogP contribution is 2.24.